The number of fused-ring (bicyclic) bond motifs is 1. The Balaban J connectivity index is 1.86. The molecule has 0 aliphatic rings. The van der Waals surface area contributed by atoms with Crippen molar-refractivity contribution < 1.29 is 4.39 Å². The molecule has 0 aliphatic heterocycles. The molecule has 0 aliphatic carbocycles. The first-order valence-corrected chi connectivity index (χ1v) is 7.58. The zero-order chi connectivity index (χ0) is 16.4. The van der Waals surface area contributed by atoms with Gasteiger partial charge >= 0.3 is 0 Å². The summed E-state index contributed by atoms with van der Waals surface area (Å²) in [7, 11) is 1.88. The molecule has 2 heterocycles. The van der Waals surface area contributed by atoms with Gasteiger partial charge in [-0.05, 0) is 31.3 Å². The van der Waals surface area contributed by atoms with Gasteiger partial charge in [-0.25, -0.2) is 4.39 Å². The third-order valence-electron chi connectivity index (χ3n) is 3.80. The van der Waals surface area contributed by atoms with Crippen LogP contribution in [0.3, 0.4) is 0 Å². The summed E-state index contributed by atoms with van der Waals surface area (Å²) >= 11 is 6.08. The number of hydrogen-bond donors (Lipinski definition) is 0. The lowest BCUT2D eigenvalue weighted by atomic mass is 10.1. The van der Waals surface area contributed by atoms with Gasteiger partial charge in [-0.3, -0.25) is 4.90 Å². The Morgan fingerprint density at radius 1 is 1.22 bits per heavy atom. The van der Waals surface area contributed by atoms with Gasteiger partial charge in [-0.1, -0.05) is 23.7 Å². The summed E-state index contributed by atoms with van der Waals surface area (Å²) in [5.74, 6) is -0.313. The first-order valence-electron chi connectivity index (χ1n) is 7.20. The Morgan fingerprint density at radius 3 is 2.78 bits per heavy atom. The molecule has 0 atom stereocenters. The van der Waals surface area contributed by atoms with E-state index in [-0.39, 0.29) is 5.82 Å². The lowest BCUT2D eigenvalue weighted by Crippen LogP contribution is -2.18. The van der Waals surface area contributed by atoms with Crippen molar-refractivity contribution in [2.45, 2.75) is 13.1 Å². The summed E-state index contributed by atoms with van der Waals surface area (Å²) in [6.45, 7) is 0.914. The minimum absolute atomic E-state index is 0.313. The van der Waals surface area contributed by atoms with Crippen molar-refractivity contribution in [1.82, 2.24) is 9.30 Å². The number of rotatable bonds is 4. The van der Waals surface area contributed by atoms with E-state index in [9.17, 15) is 9.65 Å². The zero-order valence-corrected chi connectivity index (χ0v) is 13.4. The number of halogens is 2. The van der Waals surface area contributed by atoms with E-state index >= 15 is 0 Å². The van der Waals surface area contributed by atoms with Crippen molar-refractivity contribution in [3.05, 3.63) is 76.3 Å². The van der Waals surface area contributed by atoms with Crippen LogP contribution in [0.15, 0.2) is 48.8 Å². The van der Waals surface area contributed by atoms with Gasteiger partial charge in [0.25, 0.3) is 0 Å². The van der Waals surface area contributed by atoms with Gasteiger partial charge in [0.05, 0.1) is 11.1 Å². The van der Waals surface area contributed by atoms with Crippen LogP contribution in [0.1, 0.15) is 16.7 Å². The van der Waals surface area contributed by atoms with Gasteiger partial charge in [0.1, 0.15) is 11.9 Å². The van der Waals surface area contributed by atoms with Crippen molar-refractivity contribution >= 4 is 17.1 Å². The van der Waals surface area contributed by atoms with Crippen molar-refractivity contribution in [3.63, 3.8) is 0 Å². The zero-order valence-electron chi connectivity index (χ0n) is 12.6. The normalized spacial score (nSPS) is 11.1. The maximum Gasteiger partial charge on any atom is 0.129 e. The fourth-order valence-electron chi connectivity index (χ4n) is 2.73. The van der Waals surface area contributed by atoms with Crippen LogP contribution in [0.25, 0.3) is 5.52 Å². The van der Waals surface area contributed by atoms with Crippen molar-refractivity contribution in [3.8, 4) is 6.07 Å². The van der Waals surface area contributed by atoms with E-state index in [1.807, 2.05) is 46.9 Å². The van der Waals surface area contributed by atoms with Crippen LogP contribution in [0, 0.1) is 17.1 Å². The molecule has 23 heavy (non-hydrogen) atoms. The lowest BCUT2D eigenvalue weighted by Gasteiger charge is -2.17. The summed E-state index contributed by atoms with van der Waals surface area (Å²) < 4.78 is 15.8. The molecule has 0 saturated heterocycles. The summed E-state index contributed by atoms with van der Waals surface area (Å²) in [6.07, 6.45) is 3.85. The maximum atomic E-state index is 13.9. The molecule has 0 amide bonds. The predicted octanol–water partition coefficient (Wildman–Crippen LogP) is 4.24. The van der Waals surface area contributed by atoms with Gasteiger partial charge in [-0.15, -0.1) is 0 Å². The summed E-state index contributed by atoms with van der Waals surface area (Å²) in [5.41, 5.74) is 2.91. The molecule has 1 aromatic carbocycles. The van der Waals surface area contributed by atoms with Gasteiger partial charge in [-0.2, -0.15) is 5.26 Å². The molecule has 3 aromatic rings. The molecular formula is C18H15ClFN3. The molecule has 0 unspecified atom stereocenters. The number of benzene rings is 1. The van der Waals surface area contributed by atoms with E-state index in [0.717, 1.165) is 11.1 Å². The van der Waals surface area contributed by atoms with E-state index in [2.05, 4.69) is 6.07 Å². The minimum atomic E-state index is -0.313. The second-order valence-corrected chi connectivity index (χ2v) is 5.91. The highest BCUT2D eigenvalue weighted by Gasteiger charge is 2.14. The quantitative estimate of drug-likeness (QED) is 0.718. The summed E-state index contributed by atoms with van der Waals surface area (Å²) in [6, 6.07) is 12.7. The smallest absolute Gasteiger partial charge is 0.129 e. The number of nitrogens with zero attached hydrogens (tertiary/aromatic N) is 3. The maximum absolute atomic E-state index is 13.9. The molecule has 3 nitrogen and oxygen atoms in total. The largest absolute Gasteiger partial charge is 0.322 e. The Labute approximate surface area is 139 Å². The first kappa shape index (κ1) is 15.5. The molecule has 3 rings (SSSR count). The van der Waals surface area contributed by atoms with Crippen LogP contribution in [0.4, 0.5) is 4.39 Å². The van der Waals surface area contributed by atoms with Gasteiger partial charge in [0, 0.05) is 41.6 Å². The Bertz CT molecular complexity index is 875. The summed E-state index contributed by atoms with van der Waals surface area (Å²) in [4.78, 5) is 1.94. The highest BCUT2D eigenvalue weighted by molar-refractivity contribution is 6.31. The highest BCUT2D eigenvalue weighted by atomic mass is 35.5. The van der Waals surface area contributed by atoms with Crippen LogP contribution >= 0.6 is 11.6 Å². The topological polar surface area (TPSA) is 31.4 Å². The number of nitriles is 1. The fraction of sp³-hybridized carbons (Fsp3) is 0.167. The second kappa shape index (κ2) is 6.41. The van der Waals surface area contributed by atoms with Gasteiger partial charge in [0.15, 0.2) is 0 Å². The molecular weight excluding hydrogens is 313 g/mol. The van der Waals surface area contributed by atoms with E-state index in [1.165, 1.54) is 6.07 Å². The molecule has 116 valence electrons. The van der Waals surface area contributed by atoms with Crippen LogP contribution in [0.5, 0.6) is 0 Å². The van der Waals surface area contributed by atoms with E-state index < -0.39 is 0 Å². The Morgan fingerprint density at radius 2 is 2.04 bits per heavy atom. The van der Waals surface area contributed by atoms with E-state index in [0.29, 0.717) is 29.2 Å². The molecule has 0 saturated carbocycles. The summed E-state index contributed by atoms with van der Waals surface area (Å²) in [5, 5.41) is 9.85. The highest BCUT2D eigenvalue weighted by Crippen LogP contribution is 2.23. The molecule has 5 heteroatoms. The number of aromatic nitrogens is 1. The van der Waals surface area contributed by atoms with Crippen LogP contribution in [-0.2, 0) is 13.1 Å². The molecule has 0 bridgehead atoms. The average molecular weight is 328 g/mol. The standard InChI is InChI=1S/C18H15ClFN3/c1-22(12-15-16(19)5-4-6-17(15)20)10-13-11-23-8-3-2-7-18(23)14(13)9-21/h2-8,11H,10,12H2,1H3. The molecule has 0 radical (unpaired) electrons. The van der Waals surface area contributed by atoms with Crippen LogP contribution < -0.4 is 0 Å². The van der Waals surface area contributed by atoms with Crippen LogP contribution in [0.2, 0.25) is 5.02 Å². The Kier molecular flexibility index (Phi) is 4.33. The fourth-order valence-corrected chi connectivity index (χ4v) is 2.95. The third-order valence-corrected chi connectivity index (χ3v) is 4.16. The molecule has 0 spiro atoms. The van der Waals surface area contributed by atoms with Crippen molar-refractivity contribution in [2.75, 3.05) is 7.05 Å². The SMILES string of the molecule is CN(Cc1cn2ccccc2c1C#N)Cc1c(F)cccc1Cl. The first-order chi connectivity index (χ1) is 11.1. The van der Waals surface area contributed by atoms with Gasteiger partial charge < -0.3 is 4.40 Å². The minimum Gasteiger partial charge on any atom is -0.322 e. The molecule has 0 fully saturated rings. The second-order valence-electron chi connectivity index (χ2n) is 5.51. The lowest BCUT2D eigenvalue weighted by molar-refractivity contribution is 0.313. The molecule has 0 N–H and O–H groups in total. The van der Waals surface area contributed by atoms with E-state index in [1.54, 1.807) is 12.1 Å². The Hall–Kier alpha value is -2.35. The predicted molar refractivity (Wildman–Crippen MR) is 88.7 cm³/mol. The third kappa shape index (κ3) is 3.07. The monoisotopic (exact) mass is 327 g/mol. The average Bonchev–Trinajstić information content (AvgIpc) is 2.88. The number of hydrogen-bond acceptors (Lipinski definition) is 2. The van der Waals surface area contributed by atoms with Crippen LogP contribution in [-0.4, -0.2) is 16.3 Å². The van der Waals surface area contributed by atoms with Gasteiger partial charge in [0.2, 0.25) is 0 Å². The molecule has 2 aromatic heterocycles. The van der Waals surface area contributed by atoms with Crippen molar-refractivity contribution in [2.24, 2.45) is 0 Å². The number of pyridine rings is 1. The van der Waals surface area contributed by atoms with Crippen molar-refractivity contribution in [1.29, 1.82) is 5.26 Å². The van der Waals surface area contributed by atoms with E-state index in [4.69, 9.17) is 11.6 Å².